The van der Waals surface area contributed by atoms with Crippen molar-refractivity contribution in [1.29, 1.82) is 0 Å². The molecule has 1 saturated heterocycles. The molecule has 1 fully saturated rings. The van der Waals surface area contributed by atoms with E-state index in [0.717, 1.165) is 31.6 Å². The highest BCUT2D eigenvalue weighted by molar-refractivity contribution is 7.80. The van der Waals surface area contributed by atoms with Crippen molar-refractivity contribution in [2.45, 2.75) is 32.2 Å². The van der Waals surface area contributed by atoms with E-state index in [1.165, 1.54) is 13.0 Å². The predicted molar refractivity (Wildman–Crippen MR) is 95.6 cm³/mol. The number of halogens is 2. The molecule has 1 aromatic carbocycles. The average molecular weight is 346 g/mol. The average Bonchev–Trinajstić information content (AvgIpc) is 2.45. The van der Waals surface area contributed by atoms with Gasteiger partial charge in [0.15, 0.2) is 5.11 Å². The summed E-state index contributed by atoms with van der Waals surface area (Å²) < 4.78 is 0. The molecule has 6 heteroatoms. The van der Waals surface area contributed by atoms with Crippen molar-refractivity contribution in [2.75, 3.05) is 25.0 Å². The molecule has 116 valence electrons. The van der Waals surface area contributed by atoms with E-state index >= 15 is 0 Å². The highest BCUT2D eigenvalue weighted by Gasteiger charge is 2.19. The number of anilines is 1. The maximum absolute atomic E-state index is 6.12. The first-order valence-electron chi connectivity index (χ1n) is 7.33. The van der Waals surface area contributed by atoms with Crippen molar-refractivity contribution in [3.63, 3.8) is 0 Å². The number of benzene rings is 1. The Bertz CT molecular complexity index is 488. The lowest BCUT2D eigenvalue weighted by Gasteiger charge is -2.32. The Morgan fingerprint density at radius 1 is 1.33 bits per heavy atom. The second-order valence-corrected chi connectivity index (χ2v) is 6.59. The molecule has 21 heavy (non-hydrogen) atoms. The zero-order valence-electron chi connectivity index (χ0n) is 12.2. The third-order valence-electron chi connectivity index (χ3n) is 3.64. The maximum Gasteiger partial charge on any atom is 0.171 e. The molecule has 1 aliphatic heterocycles. The summed E-state index contributed by atoms with van der Waals surface area (Å²) in [5.41, 5.74) is 0.741. The van der Waals surface area contributed by atoms with Gasteiger partial charge in [0.05, 0.1) is 10.7 Å². The highest BCUT2D eigenvalue weighted by Crippen LogP contribution is 2.25. The van der Waals surface area contributed by atoms with Crippen LogP contribution < -0.4 is 10.6 Å². The second-order valence-electron chi connectivity index (χ2n) is 5.34. The van der Waals surface area contributed by atoms with Gasteiger partial charge in [0.1, 0.15) is 0 Å². The number of piperidine rings is 1. The van der Waals surface area contributed by atoms with Gasteiger partial charge in [-0.2, -0.15) is 0 Å². The minimum Gasteiger partial charge on any atom is -0.360 e. The van der Waals surface area contributed by atoms with Crippen LogP contribution in [-0.4, -0.2) is 35.7 Å². The van der Waals surface area contributed by atoms with Gasteiger partial charge in [-0.25, -0.2) is 0 Å². The Balaban J connectivity index is 1.81. The normalized spacial score (nSPS) is 16.7. The Morgan fingerprint density at radius 3 is 2.71 bits per heavy atom. The van der Waals surface area contributed by atoms with E-state index in [1.807, 2.05) is 0 Å². The molecule has 0 radical (unpaired) electrons. The molecule has 0 atom stereocenters. The van der Waals surface area contributed by atoms with Gasteiger partial charge < -0.3 is 15.5 Å². The molecule has 3 nitrogen and oxygen atoms in total. The molecule has 0 amide bonds. The molecule has 1 heterocycles. The fourth-order valence-electron chi connectivity index (χ4n) is 2.55. The third kappa shape index (κ3) is 5.29. The topological polar surface area (TPSA) is 27.3 Å². The van der Waals surface area contributed by atoms with Crippen LogP contribution in [0.25, 0.3) is 0 Å². The number of hydrogen-bond acceptors (Lipinski definition) is 2. The minimum atomic E-state index is 0.427. The van der Waals surface area contributed by atoms with Gasteiger partial charge in [0.2, 0.25) is 0 Å². The van der Waals surface area contributed by atoms with Gasteiger partial charge >= 0.3 is 0 Å². The molecule has 0 saturated carbocycles. The van der Waals surface area contributed by atoms with Crippen molar-refractivity contribution < 1.29 is 0 Å². The van der Waals surface area contributed by atoms with E-state index in [4.69, 9.17) is 35.4 Å². The smallest absolute Gasteiger partial charge is 0.171 e. The van der Waals surface area contributed by atoms with Crippen LogP contribution in [0.3, 0.4) is 0 Å². The summed E-state index contributed by atoms with van der Waals surface area (Å²) in [5.74, 6) is 0. The summed E-state index contributed by atoms with van der Waals surface area (Å²) >= 11 is 17.5. The number of rotatable bonds is 4. The summed E-state index contributed by atoms with van der Waals surface area (Å²) in [7, 11) is 0. The summed E-state index contributed by atoms with van der Waals surface area (Å²) in [6.07, 6.45) is 3.45. The first kappa shape index (κ1) is 16.8. The van der Waals surface area contributed by atoms with Gasteiger partial charge in [0.25, 0.3) is 0 Å². The molecule has 2 N–H and O–H groups in total. The number of thiocarbonyl (C=S) groups is 1. The molecular weight excluding hydrogens is 325 g/mol. The fourth-order valence-corrected chi connectivity index (χ4v) is 3.17. The van der Waals surface area contributed by atoms with Crippen molar-refractivity contribution in [3.8, 4) is 0 Å². The quantitative estimate of drug-likeness (QED) is 0.801. The molecule has 1 aliphatic rings. The van der Waals surface area contributed by atoms with Crippen molar-refractivity contribution >= 4 is 46.2 Å². The van der Waals surface area contributed by atoms with Gasteiger partial charge in [-0.05, 0) is 56.2 Å². The van der Waals surface area contributed by atoms with E-state index in [0.29, 0.717) is 21.2 Å². The molecule has 0 bridgehead atoms. The Labute approximate surface area is 142 Å². The second kappa shape index (κ2) is 8.18. The van der Waals surface area contributed by atoms with Crippen LogP contribution in [0.5, 0.6) is 0 Å². The molecular formula is C15H21Cl2N3S. The Hall–Kier alpha value is -0.550. The van der Waals surface area contributed by atoms with Gasteiger partial charge in [-0.3, -0.25) is 0 Å². The number of nitrogens with one attached hydrogen (secondary N) is 2. The van der Waals surface area contributed by atoms with Crippen molar-refractivity contribution in [2.24, 2.45) is 0 Å². The van der Waals surface area contributed by atoms with Crippen LogP contribution in [0.1, 0.15) is 26.2 Å². The SMILES string of the molecule is CCCN1CCC(NC(=S)Nc2cc(Cl)ccc2Cl)CC1. The van der Waals surface area contributed by atoms with Crippen molar-refractivity contribution in [3.05, 3.63) is 28.2 Å². The largest absolute Gasteiger partial charge is 0.360 e. The molecule has 0 unspecified atom stereocenters. The summed E-state index contributed by atoms with van der Waals surface area (Å²) in [6, 6.07) is 5.73. The summed E-state index contributed by atoms with van der Waals surface area (Å²) in [4.78, 5) is 2.50. The molecule has 0 aliphatic carbocycles. The van der Waals surface area contributed by atoms with Crippen LogP contribution in [-0.2, 0) is 0 Å². The van der Waals surface area contributed by atoms with Gasteiger partial charge in [-0.1, -0.05) is 30.1 Å². The monoisotopic (exact) mass is 345 g/mol. The minimum absolute atomic E-state index is 0.427. The first-order valence-corrected chi connectivity index (χ1v) is 8.50. The molecule has 0 spiro atoms. The summed E-state index contributed by atoms with van der Waals surface area (Å²) in [5, 5.41) is 8.35. The van der Waals surface area contributed by atoms with E-state index in [9.17, 15) is 0 Å². The van der Waals surface area contributed by atoms with Crippen LogP contribution in [0, 0.1) is 0 Å². The predicted octanol–water partition coefficient (Wildman–Crippen LogP) is 4.15. The van der Waals surface area contributed by atoms with Crippen LogP contribution in [0.2, 0.25) is 10.0 Å². The Morgan fingerprint density at radius 2 is 2.05 bits per heavy atom. The van der Waals surface area contributed by atoms with Crippen molar-refractivity contribution in [1.82, 2.24) is 10.2 Å². The van der Waals surface area contributed by atoms with Gasteiger partial charge in [0, 0.05) is 24.2 Å². The lowest BCUT2D eigenvalue weighted by Crippen LogP contribution is -2.46. The summed E-state index contributed by atoms with van der Waals surface area (Å²) in [6.45, 7) is 5.67. The molecule has 1 aromatic rings. The van der Waals surface area contributed by atoms with Crippen LogP contribution in [0.4, 0.5) is 5.69 Å². The first-order chi connectivity index (χ1) is 10.1. The van der Waals surface area contributed by atoms with E-state index in [2.05, 4.69) is 22.5 Å². The Kier molecular flexibility index (Phi) is 6.55. The molecule has 0 aromatic heterocycles. The number of nitrogens with zero attached hydrogens (tertiary/aromatic N) is 1. The van der Waals surface area contributed by atoms with Crippen LogP contribution >= 0.6 is 35.4 Å². The zero-order valence-corrected chi connectivity index (χ0v) is 14.5. The zero-order chi connectivity index (χ0) is 15.2. The van der Waals surface area contributed by atoms with E-state index in [1.54, 1.807) is 18.2 Å². The fraction of sp³-hybridized carbons (Fsp3) is 0.533. The van der Waals surface area contributed by atoms with Crippen LogP contribution in [0.15, 0.2) is 18.2 Å². The lowest BCUT2D eigenvalue weighted by molar-refractivity contribution is 0.207. The standard InChI is InChI=1S/C15H21Cl2N3S/c1-2-7-20-8-5-12(6-9-20)18-15(21)19-14-10-11(16)3-4-13(14)17/h3-4,10,12H,2,5-9H2,1H3,(H2,18,19,21). The van der Waals surface area contributed by atoms with E-state index < -0.39 is 0 Å². The van der Waals surface area contributed by atoms with E-state index in [-0.39, 0.29) is 0 Å². The van der Waals surface area contributed by atoms with Gasteiger partial charge in [-0.15, -0.1) is 0 Å². The maximum atomic E-state index is 6.12. The number of hydrogen-bond donors (Lipinski definition) is 2. The molecule has 2 rings (SSSR count). The third-order valence-corrected chi connectivity index (χ3v) is 4.42. The number of likely N-dealkylation sites (tertiary alicyclic amines) is 1. The highest BCUT2D eigenvalue weighted by atomic mass is 35.5. The lowest BCUT2D eigenvalue weighted by atomic mass is 10.1.